The van der Waals surface area contributed by atoms with Gasteiger partial charge in [0, 0.05) is 18.2 Å². The standard InChI is InChI=1S/C13H25NO3S/c1-3-7-14-12(6-8-18(2,15)16)11-9-10-4-5-13(11)17-10/h10-14H,3-9H2,1-2H3. The van der Waals surface area contributed by atoms with E-state index in [0.29, 0.717) is 24.2 Å². The summed E-state index contributed by atoms with van der Waals surface area (Å²) in [6.07, 6.45) is 7.36. The molecule has 0 aliphatic carbocycles. The second-order valence-corrected chi connectivity index (χ2v) is 8.01. The van der Waals surface area contributed by atoms with Gasteiger partial charge in [-0.3, -0.25) is 0 Å². The molecule has 106 valence electrons. The minimum Gasteiger partial charge on any atom is -0.375 e. The smallest absolute Gasteiger partial charge is 0.147 e. The molecule has 18 heavy (non-hydrogen) atoms. The lowest BCUT2D eigenvalue weighted by Crippen LogP contribution is -2.42. The number of nitrogens with one attached hydrogen (secondary N) is 1. The van der Waals surface area contributed by atoms with Crippen molar-refractivity contribution in [2.75, 3.05) is 18.6 Å². The predicted molar refractivity (Wildman–Crippen MR) is 72.4 cm³/mol. The van der Waals surface area contributed by atoms with Crippen LogP contribution in [0, 0.1) is 5.92 Å². The van der Waals surface area contributed by atoms with E-state index in [1.807, 2.05) is 0 Å². The van der Waals surface area contributed by atoms with Gasteiger partial charge in [0.15, 0.2) is 0 Å². The first-order chi connectivity index (χ1) is 8.49. The third kappa shape index (κ3) is 3.68. The third-order valence-electron chi connectivity index (χ3n) is 4.13. The summed E-state index contributed by atoms with van der Waals surface area (Å²) < 4.78 is 28.5. The topological polar surface area (TPSA) is 55.4 Å². The van der Waals surface area contributed by atoms with Crippen molar-refractivity contribution in [3.8, 4) is 0 Å². The second-order valence-electron chi connectivity index (χ2n) is 5.75. The van der Waals surface area contributed by atoms with Crippen molar-refractivity contribution >= 4 is 9.84 Å². The molecule has 5 heteroatoms. The third-order valence-corrected chi connectivity index (χ3v) is 5.10. The lowest BCUT2D eigenvalue weighted by Gasteiger charge is -2.29. The average Bonchev–Trinajstić information content (AvgIpc) is 2.89. The largest absolute Gasteiger partial charge is 0.375 e. The van der Waals surface area contributed by atoms with Crippen molar-refractivity contribution in [1.82, 2.24) is 5.32 Å². The summed E-state index contributed by atoms with van der Waals surface area (Å²) in [5.74, 6) is 0.791. The maximum Gasteiger partial charge on any atom is 0.147 e. The normalized spacial score (nSPS) is 32.9. The van der Waals surface area contributed by atoms with E-state index in [-0.39, 0.29) is 5.75 Å². The summed E-state index contributed by atoms with van der Waals surface area (Å²) >= 11 is 0. The summed E-state index contributed by atoms with van der Waals surface area (Å²) in [6, 6.07) is 0.301. The fourth-order valence-electron chi connectivity index (χ4n) is 3.24. The Morgan fingerprint density at radius 2 is 2.17 bits per heavy atom. The molecule has 0 aromatic heterocycles. The van der Waals surface area contributed by atoms with Gasteiger partial charge in [-0.25, -0.2) is 8.42 Å². The van der Waals surface area contributed by atoms with E-state index in [4.69, 9.17) is 4.74 Å². The summed E-state index contributed by atoms with van der Waals surface area (Å²) in [4.78, 5) is 0. The number of rotatable bonds is 7. The van der Waals surface area contributed by atoms with Crippen molar-refractivity contribution < 1.29 is 13.2 Å². The molecular formula is C13H25NO3S. The molecule has 2 heterocycles. The van der Waals surface area contributed by atoms with Gasteiger partial charge in [0.25, 0.3) is 0 Å². The highest BCUT2D eigenvalue weighted by molar-refractivity contribution is 7.90. The summed E-state index contributed by atoms with van der Waals surface area (Å²) in [6.45, 7) is 3.10. The van der Waals surface area contributed by atoms with Crippen LogP contribution in [0.1, 0.15) is 39.0 Å². The van der Waals surface area contributed by atoms with Gasteiger partial charge in [-0.05, 0) is 38.6 Å². The van der Waals surface area contributed by atoms with Gasteiger partial charge >= 0.3 is 0 Å². The van der Waals surface area contributed by atoms with Crippen molar-refractivity contribution in [3.63, 3.8) is 0 Å². The zero-order valence-electron chi connectivity index (χ0n) is 11.4. The molecule has 4 atom stereocenters. The molecule has 4 unspecified atom stereocenters. The monoisotopic (exact) mass is 275 g/mol. The molecule has 0 radical (unpaired) electrons. The molecular weight excluding hydrogens is 250 g/mol. The van der Waals surface area contributed by atoms with E-state index in [2.05, 4.69) is 12.2 Å². The minimum atomic E-state index is -2.87. The first-order valence-electron chi connectivity index (χ1n) is 7.06. The Bertz CT molecular complexity index is 368. The average molecular weight is 275 g/mol. The van der Waals surface area contributed by atoms with Crippen molar-refractivity contribution in [3.05, 3.63) is 0 Å². The maximum atomic E-state index is 11.3. The van der Waals surface area contributed by atoms with Gasteiger partial charge in [0.2, 0.25) is 0 Å². The van der Waals surface area contributed by atoms with Gasteiger partial charge in [0.1, 0.15) is 9.84 Å². The Morgan fingerprint density at radius 3 is 2.67 bits per heavy atom. The Balaban J connectivity index is 1.92. The van der Waals surface area contributed by atoms with Gasteiger partial charge in [-0.1, -0.05) is 6.92 Å². The quantitative estimate of drug-likeness (QED) is 0.762. The number of hydrogen-bond donors (Lipinski definition) is 1. The lowest BCUT2D eigenvalue weighted by atomic mass is 9.83. The van der Waals surface area contributed by atoms with E-state index >= 15 is 0 Å². The molecule has 1 N–H and O–H groups in total. The molecule has 0 saturated carbocycles. The minimum absolute atomic E-state index is 0.280. The molecule has 2 fully saturated rings. The Morgan fingerprint density at radius 1 is 1.39 bits per heavy atom. The number of ether oxygens (including phenoxy) is 1. The molecule has 2 aliphatic heterocycles. The summed E-state index contributed by atoms with van der Waals surface area (Å²) in [5, 5.41) is 3.52. The van der Waals surface area contributed by atoms with Crippen molar-refractivity contribution in [2.24, 2.45) is 5.92 Å². The molecule has 0 aromatic rings. The first kappa shape index (κ1) is 14.3. The molecule has 0 amide bonds. The van der Waals surface area contributed by atoms with Crippen molar-refractivity contribution in [1.29, 1.82) is 0 Å². The van der Waals surface area contributed by atoms with E-state index in [1.165, 1.54) is 12.7 Å². The van der Waals surface area contributed by atoms with Crippen LogP contribution in [-0.4, -0.2) is 45.2 Å². The van der Waals surface area contributed by atoms with Crippen LogP contribution in [0.4, 0.5) is 0 Å². The van der Waals surface area contributed by atoms with Crippen LogP contribution in [0.25, 0.3) is 0 Å². The lowest BCUT2D eigenvalue weighted by molar-refractivity contribution is 0.0854. The van der Waals surface area contributed by atoms with E-state index < -0.39 is 9.84 Å². The second kappa shape index (κ2) is 5.88. The van der Waals surface area contributed by atoms with E-state index in [9.17, 15) is 8.42 Å². The van der Waals surface area contributed by atoms with E-state index in [1.54, 1.807) is 0 Å². The van der Waals surface area contributed by atoms with Crippen LogP contribution in [0.3, 0.4) is 0 Å². The fourth-order valence-corrected chi connectivity index (χ4v) is 3.92. The summed E-state index contributed by atoms with van der Waals surface area (Å²) in [7, 11) is -2.87. The first-order valence-corrected chi connectivity index (χ1v) is 9.12. The van der Waals surface area contributed by atoms with Crippen LogP contribution in [0.2, 0.25) is 0 Å². The molecule has 2 rings (SSSR count). The highest BCUT2D eigenvalue weighted by Gasteiger charge is 2.44. The fraction of sp³-hybridized carbons (Fsp3) is 1.00. The van der Waals surface area contributed by atoms with Crippen LogP contribution < -0.4 is 5.32 Å². The molecule has 0 aromatic carbocycles. The van der Waals surface area contributed by atoms with E-state index in [0.717, 1.165) is 32.2 Å². The molecule has 2 bridgehead atoms. The zero-order valence-corrected chi connectivity index (χ0v) is 12.2. The Labute approximate surface area is 110 Å². The van der Waals surface area contributed by atoms with Crippen LogP contribution in [0.15, 0.2) is 0 Å². The van der Waals surface area contributed by atoms with Gasteiger partial charge in [-0.15, -0.1) is 0 Å². The summed E-state index contributed by atoms with van der Waals surface area (Å²) in [5.41, 5.74) is 0. The molecule has 4 nitrogen and oxygen atoms in total. The molecule has 0 spiro atoms. The number of sulfone groups is 1. The Hall–Kier alpha value is -0.130. The number of fused-ring (bicyclic) bond motifs is 2. The molecule has 2 saturated heterocycles. The zero-order chi connectivity index (χ0) is 13.2. The van der Waals surface area contributed by atoms with Gasteiger partial charge < -0.3 is 10.1 Å². The Kier molecular flexibility index (Phi) is 4.67. The van der Waals surface area contributed by atoms with Crippen LogP contribution in [0.5, 0.6) is 0 Å². The van der Waals surface area contributed by atoms with Gasteiger partial charge in [-0.2, -0.15) is 0 Å². The van der Waals surface area contributed by atoms with Crippen molar-refractivity contribution in [2.45, 2.75) is 57.3 Å². The highest BCUT2D eigenvalue weighted by atomic mass is 32.2. The predicted octanol–water partition coefficient (Wildman–Crippen LogP) is 1.36. The maximum absolute atomic E-state index is 11.3. The SMILES string of the molecule is CCCNC(CCS(C)(=O)=O)C1CC2CCC1O2. The highest BCUT2D eigenvalue weighted by Crippen LogP contribution is 2.41. The van der Waals surface area contributed by atoms with Crippen LogP contribution in [-0.2, 0) is 14.6 Å². The van der Waals surface area contributed by atoms with Crippen LogP contribution >= 0.6 is 0 Å². The van der Waals surface area contributed by atoms with Gasteiger partial charge in [0.05, 0.1) is 18.0 Å². The molecule has 2 aliphatic rings. The number of hydrogen-bond acceptors (Lipinski definition) is 4.